The van der Waals surface area contributed by atoms with E-state index in [0.29, 0.717) is 30.5 Å². The second-order valence-corrected chi connectivity index (χ2v) is 12.3. The molecular weight excluding hydrogens is 527 g/mol. The minimum absolute atomic E-state index is 0. The third-order valence-electron chi connectivity index (χ3n) is 9.39. The van der Waals surface area contributed by atoms with Crippen molar-refractivity contribution in [1.82, 2.24) is 20.5 Å². The second kappa shape index (κ2) is 10.3. The van der Waals surface area contributed by atoms with Crippen molar-refractivity contribution in [3.8, 4) is 11.3 Å². The van der Waals surface area contributed by atoms with Crippen LogP contribution in [0.2, 0.25) is 0 Å². The smallest absolute Gasteiger partial charge is 0.253 e. The maximum Gasteiger partial charge on any atom is 0.253 e. The Hall–Kier alpha value is -3.29. The molecule has 3 aromatic rings. The van der Waals surface area contributed by atoms with E-state index in [1.54, 1.807) is 17.2 Å². The highest BCUT2D eigenvalue weighted by Crippen LogP contribution is 2.57. The van der Waals surface area contributed by atoms with Gasteiger partial charge in [-0.2, -0.15) is 0 Å². The van der Waals surface area contributed by atoms with Crippen LogP contribution >= 0.6 is 12.4 Å². The SMILES string of the molecule is Cl.O=C(NC12C[C@@H]3C[C@@H](CC(NCC(=O)N4Cc5ccc(F)cc5C4)(C3)C1)C2)c1ccc(-c2ccccc2)nc1. The Balaban J connectivity index is 0.00000289. The molecular formula is C32H34ClFN4O2. The Morgan fingerprint density at radius 3 is 2.38 bits per heavy atom. The molecule has 6 nitrogen and oxygen atoms in total. The van der Waals surface area contributed by atoms with E-state index in [1.165, 1.54) is 18.6 Å². The van der Waals surface area contributed by atoms with E-state index in [1.807, 2.05) is 42.5 Å². The van der Waals surface area contributed by atoms with Crippen molar-refractivity contribution >= 4 is 24.2 Å². The molecule has 2 heterocycles. The number of aromatic nitrogens is 1. The molecule has 4 bridgehead atoms. The summed E-state index contributed by atoms with van der Waals surface area (Å²) in [4.78, 5) is 32.9. The predicted molar refractivity (Wildman–Crippen MR) is 153 cm³/mol. The Labute approximate surface area is 240 Å². The molecule has 1 aromatic heterocycles. The van der Waals surface area contributed by atoms with E-state index < -0.39 is 0 Å². The number of halogens is 2. The van der Waals surface area contributed by atoms with E-state index in [0.717, 1.165) is 54.5 Å². The van der Waals surface area contributed by atoms with Gasteiger partial charge in [0.05, 0.1) is 17.8 Å². The maximum absolute atomic E-state index is 13.6. The normalized spacial score (nSPS) is 27.7. The Bertz CT molecular complexity index is 1420. The van der Waals surface area contributed by atoms with E-state index in [4.69, 9.17) is 0 Å². The van der Waals surface area contributed by atoms with E-state index in [9.17, 15) is 14.0 Å². The van der Waals surface area contributed by atoms with Gasteiger partial charge in [-0.3, -0.25) is 14.6 Å². The number of nitrogens with one attached hydrogen (secondary N) is 2. The van der Waals surface area contributed by atoms with Gasteiger partial charge in [0, 0.05) is 35.9 Å². The third kappa shape index (κ3) is 5.01. The lowest BCUT2D eigenvalue weighted by atomic mass is 9.50. The molecule has 5 aliphatic rings. The minimum atomic E-state index is -0.259. The molecule has 40 heavy (non-hydrogen) atoms. The lowest BCUT2D eigenvalue weighted by Gasteiger charge is -2.62. The quantitative estimate of drug-likeness (QED) is 0.431. The first-order valence-corrected chi connectivity index (χ1v) is 14.0. The monoisotopic (exact) mass is 560 g/mol. The minimum Gasteiger partial charge on any atom is -0.346 e. The van der Waals surface area contributed by atoms with Crippen LogP contribution in [0.25, 0.3) is 11.3 Å². The van der Waals surface area contributed by atoms with Crippen LogP contribution in [0.3, 0.4) is 0 Å². The number of carbonyl (C=O) groups is 2. The van der Waals surface area contributed by atoms with Gasteiger partial charge in [0.1, 0.15) is 5.82 Å². The highest BCUT2D eigenvalue weighted by atomic mass is 35.5. The Morgan fingerprint density at radius 1 is 0.925 bits per heavy atom. The molecule has 2 N–H and O–H groups in total. The standard InChI is InChI=1S/C32H33FN4O2.ClH/c33-27-8-6-25-18-37(19-26(25)11-27)29(38)17-35-31-12-21-10-22(13-31)15-32(14-21,20-31)36-30(39)24-7-9-28(34-16-24)23-4-2-1-3-5-23;/h1-9,11,16,21-22,35H,10,12-15,17-20H2,(H,36,39);1H/t21-,22+,31?,32?;. The fraction of sp³-hybridized carbons (Fsp3) is 0.406. The number of hydrogen-bond donors (Lipinski definition) is 2. The van der Waals surface area contributed by atoms with Gasteiger partial charge >= 0.3 is 0 Å². The van der Waals surface area contributed by atoms with Crippen LogP contribution in [0, 0.1) is 17.7 Å². The van der Waals surface area contributed by atoms with Gasteiger partial charge < -0.3 is 15.5 Å². The summed E-state index contributed by atoms with van der Waals surface area (Å²) in [6, 6.07) is 18.5. The molecule has 0 radical (unpaired) electrons. The first-order chi connectivity index (χ1) is 18.9. The molecule has 4 fully saturated rings. The van der Waals surface area contributed by atoms with Crippen LogP contribution in [0.4, 0.5) is 4.39 Å². The van der Waals surface area contributed by atoms with Gasteiger partial charge in [-0.25, -0.2) is 4.39 Å². The fourth-order valence-electron chi connectivity index (χ4n) is 8.15. The number of rotatable bonds is 6. The van der Waals surface area contributed by atoms with Crippen molar-refractivity contribution in [2.24, 2.45) is 11.8 Å². The van der Waals surface area contributed by atoms with E-state index in [-0.39, 0.29) is 47.7 Å². The average Bonchev–Trinajstić information content (AvgIpc) is 3.35. The topological polar surface area (TPSA) is 74.3 Å². The van der Waals surface area contributed by atoms with Crippen LogP contribution in [-0.2, 0) is 17.9 Å². The van der Waals surface area contributed by atoms with Crippen LogP contribution in [-0.4, -0.2) is 39.3 Å². The number of carbonyl (C=O) groups excluding carboxylic acids is 2. The molecule has 4 aliphatic carbocycles. The summed E-state index contributed by atoms with van der Waals surface area (Å²) in [7, 11) is 0. The molecule has 1 aliphatic heterocycles. The van der Waals surface area contributed by atoms with Crippen molar-refractivity contribution < 1.29 is 14.0 Å². The number of nitrogens with zero attached hydrogens (tertiary/aromatic N) is 2. The molecule has 8 heteroatoms. The molecule has 4 saturated carbocycles. The van der Waals surface area contributed by atoms with Gasteiger partial charge in [0.25, 0.3) is 5.91 Å². The van der Waals surface area contributed by atoms with Crippen LogP contribution in [0.15, 0.2) is 66.9 Å². The maximum atomic E-state index is 13.6. The highest BCUT2D eigenvalue weighted by molar-refractivity contribution is 5.94. The van der Waals surface area contributed by atoms with Crippen molar-refractivity contribution in [1.29, 1.82) is 0 Å². The van der Waals surface area contributed by atoms with Crippen molar-refractivity contribution in [2.75, 3.05) is 6.54 Å². The zero-order valence-corrected chi connectivity index (χ0v) is 23.2. The lowest BCUT2D eigenvalue weighted by molar-refractivity contribution is -0.132. The molecule has 2 aromatic carbocycles. The average molecular weight is 561 g/mol. The Kier molecular flexibility index (Phi) is 6.91. The first kappa shape index (κ1) is 26.9. The van der Waals surface area contributed by atoms with Gasteiger partial charge in [0.15, 0.2) is 0 Å². The summed E-state index contributed by atoms with van der Waals surface area (Å²) in [5, 5.41) is 7.11. The molecule has 2 amide bonds. The van der Waals surface area contributed by atoms with Crippen molar-refractivity contribution in [2.45, 2.75) is 62.7 Å². The van der Waals surface area contributed by atoms with E-state index >= 15 is 0 Å². The summed E-state index contributed by atoms with van der Waals surface area (Å²) in [5.41, 5.74) is 3.98. The largest absolute Gasteiger partial charge is 0.346 e. The van der Waals surface area contributed by atoms with Gasteiger partial charge in [-0.1, -0.05) is 36.4 Å². The van der Waals surface area contributed by atoms with Gasteiger partial charge in [-0.15, -0.1) is 12.4 Å². The number of amides is 2. The molecule has 4 atom stereocenters. The zero-order chi connectivity index (χ0) is 26.6. The van der Waals surface area contributed by atoms with Crippen LogP contribution < -0.4 is 10.6 Å². The van der Waals surface area contributed by atoms with Crippen LogP contribution in [0.1, 0.15) is 60.0 Å². The lowest BCUT2D eigenvalue weighted by Crippen LogP contribution is -2.69. The molecule has 0 saturated heterocycles. The summed E-state index contributed by atoms with van der Waals surface area (Å²) in [5.74, 6) is 0.811. The highest BCUT2D eigenvalue weighted by Gasteiger charge is 2.58. The molecule has 0 spiro atoms. The number of hydrogen-bond acceptors (Lipinski definition) is 4. The van der Waals surface area contributed by atoms with Gasteiger partial charge in [0.2, 0.25) is 5.91 Å². The molecule has 208 valence electrons. The van der Waals surface area contributed by atoms with Crippen molar-refractivity contribution in [3.05, 3.63) is 89.4 Å². The summed E-state index contributed by atoms with van der Waals surface area (Å²) in [6.45, 7) is 1.26. The first-order valence-electron chi connectivity index (χ1n) is 14.0. The summed E-state index contributed by atoms with van der Waals surface area (Å²) < 4.78 is 13.6. The van der Waals surface area contributed by atoms with E-state index in [2.05, 4.69) is 15.6 Å². The molecule has 2 unspecified atom stereocenters. The van der Waals surface area contributed by atoms with Gasteiger partial charge in [-0.05, 0) is 85.8 Å². The Morgan fingerprint density at radius 2 is 1.65 bits per heavy atom. The van der Waals surface area contributed by atoms with Crippen molar-refractivity contribution in [3.63, 3.8) is 0 Å². The van der Waals surface area contributed by atoms with Crippen LogP contribution in [0.5, 0.6) is 0 Å². The summed E-state index contributed by atoms with van der Waals surface area (Å²) >= 11 is 0. The number of fused-ring (bicyclic) bond motifs is 1. The second-order valence-electron chi connectivity index (χ2n) is 12.3. The number of benzene rings is 2. The predicted octanol–water partition coefficient (Wildman–Crippen LogP) is 5.26. The zero-order valence-electron chi connectivity index (χ0n) is 22.4. The summed E-state index contributed by atoms with van der Waals surface area (Å²) in [6.07, 6.45) is 7.80. The fourth-order valence-corrected chi connectivity index (χ4v) is 8.15. The number of pyridine rings is 1. The third-order valence-corrected chi connectivity index (χ3v) is 9.39. The molecule has 8 rings (SSSR count).